The predicted octanol–water partition coefficient (Wildman–Crippen LogP) is 4.25. The van der Waals surface area contributed by atoms with Gasteiger partial charge in [-0.15, -0.1) is 0 Å². The Bertz CT molecular complexity index is 601. The van der Waals surface area contributed by atoms with Crippen LogP contribution >= 0.6 is 11.6 Å². The van der Waals surface area contributed by atoms with Crippen LogP contribution in [0.25, 0.3) is 0 Å². The first-order chi connectivity index (χ1) is 9.47. The third-order valence-electron chi connectivity index (χ3n) is 3.06. The van der Waals surface area contributed by atoms with Crippen molar-refractivity contribution in [1.82, 2.24) is 0 Å². The number of ether oxygens (including phenoxy) is 1. The number of nitrogens with two attached hydrogens (primary N) is 1. The second-order valence-corrected chi connectivity index (χ2v) is 5.30. The molecule has 0 aromatic heterocycles. The summed E-state index contributed by atoms with van der Waals surface area (Å²) in [7, 11) is 0. The highest BCUT2D eigenvalue weighted by atomic mass is 35.5. The highest BCUT2D eigenvalue weighted by Crippen LogP contribution is 2.29. The minimum Gasteiger partial charge on any atom is -0.484 e. The number of hydrogen-bond acceptors (Lipinski definition) is 2. The van der Waals surface area contributed by atoms with E-state index in [1.165, 1.54) is 12.1 Å². The van der Waals surface area contributed by atoms with E-state index < -0.39 is 6.10 Å². The summed E-state index contributed by atoms with van der Waals surface area (Å²) in [5, 5.41) is 0.591. The molecule has 0 saturated heterocycles. The Balaban J connectivity index is 2.33. The van der Waals surface area contributed by atoms with Crippen LogP contribution in [-0.2, 0) is 0 Å². The van der Waals surface area contributed by atoms with E-state index in [-0.39, 0.29) is 11.9 Å². The molecule has 2 unspecified atom stereocenters. The van der Waals surface area contributed by atoms with Crippen LogP contribution in [-0.4, -0.2) is 6.04 Å². The Morgan fingerprint density at radius 3 is 2.60 bits per heavy atom. The minimum absolute atomic E-state index is 0.282. The van der Waals surface area contributed by atoms with Crippen molar-refractivity contribution in [2.75, 3.05) is 0 Å². The Hall–Kier alpha value is -1.58. The third-order valence-corrected chi connectivity index (χ3v) is 3.29. The van der Waals surface area contributed by atoms with Crippen molar-refractivity contribution in [3.05, 3.63) is 64.4 Å². The van der Waals surface area contributed by atoms with Gasteiger partial charge in [0, 0.05) is 11.1 Å². The van der Waals surface area contributed by atoms with Crippen LogP contribution in [0, 0.1) is 12.7 Å². The quantitative estimate of drug-likeness (QED) is 0.914. The molecule has 0 saturated carbocycles. The van der Waals surface area contributed by atoms with Gasteiger partial charge in [-0.1, -0.05) is 29.8 Å². The van der Waals surface area contributed by atoms with Gasteiger partial charge in [-0.05, 0) is 49.2 Å². The van der Waals surface area contributed by atoms with Crippen LogP contribution < -0.4 is 10.5 Å². The average Bonchev–Trinajstić information content (AvgIpc) is 2.39. The maximum absolute atomic E-state index is 13.4. The summed E-state index contributed by atoms with van der Waals surface area (Å²) in [6.07, 6.45) is -0.428. The molecule has 2 rings (SSSR count). The van der Waals surface area contributed by atoms with Crippen LogP contribution in [0.5, 0.6) is 5.75 Å². The lowest BCUT2D eigenvalue weighted by atomic mass is 10.0. The number of hydrogen-bond donors (Lipinski definition) is 1. The second-order valence-electron chi connectivity index (χ2n) is 4.86. The van der Waals surface area contributed by atoms with Gasteiger partial charge in [0.25, 0.3) is 0 Å². The lowest BCUT2D eigenvalue weighted by Crippen LogP contribution is -2.29. The zero-order valence-corrected chi connectivity index (χ0v) is 12.2. The summed E-state index contributed by atoms with van der Waals surface area (Å²) >= 11 is 5.98. The number of aryl methyl sites for hydroxylation is 1. The van der Waals surface area contributed by atoms with E-state index in [9.17, 15) is 4.39 Å². The van der Waals surface area contributed by atoms with E-state index in [1.807, 2.05) is 19.9 Å². The van der Waals surface area contributed by atoms with E-state index in [4.69, 9.17) is 22.1 Å². The van der Waals surface area contributed by atoms with Gasteiger partial charge in [0.2, 0.25) is 0 Å². The molecule has 0 aliphatic heterocycles. The fraction of sp³-hybridized carbons (Fsp3) is 0.250. The molecule has 4 heteroatoms. The van der Waals surface area contributed by atoms with Gasteiger partial charge in [0.1, 0.15) is 17.7 Å². The Morgan fingerprint density at radius 1 is 1.20 bits per heavy atom. The highest BCUT2D eigenvalue weighted by molar-refractivity contribution is 6.30. The molecule has 0 spiro atoms. The SMILES string of the molecule is Cc1ccc(Cl)cc1OC(c1cccc(F)c1)C(C)N. The number of halogens is 2. The highest BCUT2D eigenvalue weighted by Gasteiger charge is 2.19. The number of benzene rings is 2. The lowest BCUT2D eigenvalue weighted by Gasteiger charge is -2.24. The van der Waals surface area contributed by atoms with E-state index in [2.05, 4.69) is 0 Å². The molecule has 0 amide bonds. The largest absolute Gasteiger partial charge is 0.484 e. The van der Waals surface area contributed by atoms with Crippen molar-refractivity contribution in [2.24, 2.45) is 5.73 Å². The molecule has 0 aliphatic carbocycles. The molecule has 106 valence electrons. The molecule has 2 aromatic carbocycles. The van der Waals surface area contributed by atoms with Crippen molar-refractivity contribution >= 4 is 11.6 Å². The van der Waals surface area contributed by atoms with Crippen molar-refractivity contribution in [2.45, 2.75) is 26.0 Å². The topological polar surface area (TPSA) is 35.2 Å². The first kappa shape index (κ1) is 14.8. The van der Waals surface area contributed by atoms with Crippen LogP contribution in [0.3, 0.4) is 0 Å². The standard InChI is InChI=1S/C16H17ClFNO/c1-10-6-7-13(17)9-15(10)20-16(11(2)19)12-4-3-5-14(18)8-12/h3-9,11,16H,19H2,1-2H3. The Labute approximate surface area is 123 Å². The van der Waals surface area contributed by atoms with Gasteiger partial charge < -0.3 is 10.5 Å². The van der Waals surface area contributed by atoms with E-state index in [0.717, 1.165) is 5.56 Å². The van der Waals surface area contributed by atoms with Crippen molar-refractivity contribution in [3.8, 4) is 5.75 Å². The smallest absolute Gasteiger partial charge is 0.139 e. The molecular formula is C16H17ClFNO. The first-order valence-electron chi connectivity index (χ1n) is 6.41. The van der Waals surface area contributed by atoms with Gasteiger partial charge in [0.05, 0.1) is 0 Å². The number of rotatable bonds is 4. The predicted molar refractivity (Wildman–Crippen MR) is 79.6 cm³/mol. The van der Waals surface area contributed by atoms with Crippen LogP contribution in [0.2, 0.25) is 5.02 Å². The Kier molecular flexibility index (Phi) is 4.63. The van der Waals surface area contributed by atoms with Gasteiger partial charge in [-0.2, -0.15) is 0 Å². The Morgan fingerprint density at radius 2 is 1.95 bits per heavy atom. The van der Waals surface area contributed by atoms with Crippen LogP contribution in [0.15, 0.2) is 42.5 Å². The van der Waals surface area contributed by atoms with E-state index in [1.54, 1.807) is 24.3 Å². The summed E-state index contributed by atoms with van der Waals surface area (Å²) in [6, 6.07) is 11.4. The molecule has 2 nitrogen and oxygen atoms in total. The van der Waals surface area contributed by atoms with Gasteiger partial charge in [-0.25, -0.2) is 4.39 Å². The van der Waals surface area contributed by atoms with Crippen LogP contribution in [0.1, 0.15) is 24.2 Å². The zero-order chi connectivity index (χ0) is 14.7. The molecule has 20 heavy (non-hydrogen) atoms. The summed E-state index contributed by atoms with van der Waals surface area (Å²) in [5.74, 6) is 0.351. The summed E-state index contributed by atoms with van der Waals surface area (Å²) in [5.41, 5.74) is 7.64. The molecular weight excluding hydrogens is 277 g/mol. The normalized spacial score (nSPS) is 13.8. The second kappa shape index (κ2) is 6.25. The van der Waals surface area contributed by atoms with E-state index >= 15 is 0 Å². The molecule has 0 heterocycles. The zero-order valence-electron chi connectivity index (χ0n) is 11.4. The summed E-state index contributed by atoms with van der Waals surface area (Å²) in [6.45, 7) is 3.75. The van der Waals surface area contributed by atoms with Gasteiger partial charge in [-0.3, -0.25) is 0 Å². The molecule has 0 fully saturated rings. The van der Waals surface area contributed by atoms with Crippen LogP contribution in [0.4, 0.5) is 4.39 Å². The third kappa shape index (κ3) is 3.50. The van der Waals surface area contributed by atoms with Gasteiger partial charge in [0.15, 0.2) is 0 Å². The summed E-state index contributed by atoms with van der Waals surface area (Å²) in [4.78, 5) is 0. The minimum atomic E-state index is -0.428. The van der Waals surface area contributed by atoms with Crippen molar-refractivity contribution in [3.63, 3.8) is 0 Å². The maximum Gasteiger partial charge on any atom is 0.139 e. The summed E-state index contributed by atoms with van der Waals surface area (Å²) < 4.78 is 19.3. The average molecular weight is 294 g/mol. The van der Waals surface area contributed by atoms with Crippen molar-refractivity contribution in [1.29, 1.82) is 0 Å². The molecule has 2 aromatic rings. The maximum atomic E-state index is 13.4. The van der Waals surface area contributed by atoms with E-state index in [0.29, 0.717) is 16.3 Å². The molecule has 0 radical (unpaired) electrons. The molecule has 2 atom stereocenters. The first-order valence-corrected chi connectivity index (χ1v) is 6.79. The van der Waals surface area contributed by atoms with Gasteiger partial charge >= 0.3 is 0 Å². The van der Waals surface area contributed by atoms with Crippen molar-refractivity contribution < 1.29 is 9.13 Å². The fourth-order valence-electron chi connectivity index (χ4n) is 2.00. The molecule has 2 N–H and O–H groups in total. The fourth-order valence-corrected chi connectivity index (χ4v) is 2.16. The monoisotopic (exact) mass is 293 g/mol. The lowest BCUT2D eigenvalue weighted by molar-refractivity contribution is 0.179. The molecule has 0 bridgehead atoms. The molecule has 0 aliphatic rings.